The van der Waals surface area contributed by atoms with Crippen molar-refractivity contribution in [3.05, 3.63) is 0 Å². The first-order valence-corrected chi connectivity index (χ1v) is 4.30. The number of primary amides is 1. The highest BCUT2D eigenvalue weighted by molar-refractivity contribution is 5.76. The fraction of sp³-hybridized carbons (Fsp3) is 0.875. The van der Waals surface area contributed by atoms with Gasteiger partial charge in [0.05, 0.1) is 6.61 Å². The monoisotopic (exact) mass is 172 g/mol. The number of hydrogen-bond donors (Lipinski definition) is 2. The molecule has 2 atom stereocenters. The lowest BCUT2D eigenvalue weighted by Crippen LogP contribution is -2.37. The molecule has 1 aliphatic rings. The zero-order valence-corrected chi connectivity index (χ0v) is 7.38. The Morgan fingerprint density at radius 1 is 1.83 bits per heavy atom. The summed E-state index contributed by atoms with van der Waals surface area (Å²) in [6, 6.07) is 0.409. The Hall–Kier alpha value is -0.610. The summed E-state index contributed by atoms with van der Waals surface area (Å²) in [7, 11) is 0. The van der Waals surface area contributed by atoms with Crippen molar-refractivity contribution in [2.45, 2.75) is 19.4 Å². The van der Waals surface area contributed by atoms with Crippen LogP contribution in [0.2, 0.25) is 0 Å². The number of ether oxygens (including phenoxy) is 1. The van der Waals surface area contributed by atoms with E-state index >= 15 is 0 Å². The molecule has 1 amide bonds. The molecule has 0 aromatic rings. The molecular formula is C8H16N2O2. The summed E-state index contributed by atoms with van der Waals surface area (Å²) in [5.41, 5.74) is 5.11. The molecule has 1 aliphatic heterocycles. The van der Waals surface area contributed by atoms with Crippen LogP contribution in [0.3, 0.4) is 0 Å². The fourth-order valence-electron chi connectivity index (χ4n) is 1.14. The Bertz CT molecular complexity index is 155. The van der Waals surface area contributed by atoms with Gasteiger partial charge >= 0.3 is 0 Å². The zero-order valence-electron chi connectivity index (χ0n) is 7.38. The summed E-state index contributed by atoms with van der Waals surface area (Å²) in [6.45, 7) is 4.06. The number of rotatable bonds is 4. The van der Waals surface area contributed by atoms with Gasteiger partial charge in [-0.05, 0) is 6.42 Å². The smallest absolute Gasteiger partial charge is 0.221 e. The van der Waals surface area contributed by atoms with Crippen LogP contribution >= 0.6 is 0 Å². The molecule has 12 heavy (non-hydrogen) atoms. The van der Waals surface area contributed by atoms with E-state index in [1.807, 2.05) is 6.92 Å². The van der Waals surface area contributed by atoms with Crippen molar-refractivity contribution in [3.63, 3.8) is 0 Å². The van der Waals surface area contributed by atoms with Gasteiger partial charge in [0.25, 0.3) is 0 Å². The van der Waals surface area contributed by atoms with Crippen LogP contribution in [0.15, 0.2) is 0 Å². The molecule has 0 aliphatic carbocycles. The summed E-state index contributed by atoms with van der Waals surface area (Å²) < 4.78 is 5.17. The molecule has 3 N–H and O–H groups in total. The maximum Gasteiger partial charge on any atom is 0.221 e. The minimum atomic E-state index is -0.249. The van der Waals surface area contributed by atoms with Crippen molar-refractivity contribution in [1.29, 1.82) is 0 Å². The molecule has 1 rings (SSSR count). The van der Waals surface area contributed by atoms with Crippen LogP contribution in [-0.2, 0) is 9.53 Å². The van der Waals surface area contributed by atoms with E-state index in [2.05, 4.69) is 5.32 Å². The van der Waals surface area contributed by atoms with Gasteiger partial charge in [0, 0.05) is 25.1 Å². The third kappa shape index (κ3) is 2.79. The molecular weight excluding hydrogens is 156 g/mol. The van der Waals surface area contributed by atoms with E-state index in [1.54, 1.807) is 0 Å². The van der Waals surface area contributed by atoms with Gasteiger partial charge in [0.15, 0.2) is 0 Å². The second-order valence-corrected chi connectivity index (χ2v) is 3.27. The van der Waals surface area contributed by atoms with Gasteiger partial charge in [-0.15, -0.1) is 0 Å². The number of nitrogens with one attached hydrogen (secondary N) is 1. The van der Waals surface area contributed by atoms with Crippen molar-refractivity contribution in [3.8, 4) is 0 Å². The lowest BCUT2D eigenvalue weighted by atomic mass is 10.1. The minimum absolute atomic E-state index is 0.0920. The first kappa shape index (κ1) is 9.48. The SMILES string of the molecule is CC(CNC1CCOC1)C(N)=O. The molecule has 0 radical (unpaired) electrons. The van der Waals surface area contributed by atoms with Gasteiger partial charge in [0.2, 0.25) is 5.91 Å². The van der Waals surface area contributed by atoms with Crippen LogP contribution < -0.4 is 11.1 Å². The average Bonchev–Trinajstić information content (AvgIpc) is 2.51. The molecule has 1 fully saturated rings. The van der Waals surface area contributed by atoms with Gasteiger partial charge in [-0.1, -0.05) is 6.92 Å². The predicted octanol–water partition coefficient (Wildman–Crippen LogP) is -0.514. The van der Waals surface area contributed by atoms with Gasteiger partial charge in [-0.3, -0.25) is 4.79 Å². The van der Waals surface area contributed by atoms with E-state index in [-0.39, 0.29) is 11.8 Å². The van der Waals surface area contributed by atoms with Crippen LogP contribution in [-0.4, -0.2) is 31.7 Å². The van der Waals surface area contributed by atoms with Crippen molar-refractivity contribution in [2.75, 3.05) is 19.8 Å². The van der Waals surface area contributed by atoms with Crippen molar-refractivity contribution in [1.82, 2.24) is 5.32 Å². The molecule has 0 spiro atoms. The highest BCUT2D eigenvalue weighted by atomic mass is 16.5. The molecule has 4 heteroatoms. The highest BCUT2D eigenvalue weighted by Gasteiger charge is 2.16. The van der Waals surface area contributed by atoms with Crippen molar-refractivity contribution in [2.24, 2.45) is 11.7 Å². The molecule has 1 saturated heterocycles. The maximum atomic E-state index is 10.7. The predicted molar refractivity (Wildman–Crippen MR) is 45.6 cm³/mol. The standard InChI is InChI=1S/C8H16N2O2/c1-6(8(9)11)4-10-7-2-3-12-5-7/h6-7,10H,2-5H2,1H3,(H2,9,11). The molecule has 0 aromatic heterocycles. The number of carbonyl (C=O) groups excluding carboxylic acids is 1. The molecule has 0 bridgehead atoms. The maximum absolute atomic E-state index is 10.7. The topological polar surface area (TPSA) is 64.3 Å². The Kier molecular flexibility index (Phi) is 3.49. The first-order chi connectivity index (χ1) is 5.70. The molecule has 0 saturated carbocycles. The van der Waals surface area contributed by atoms with E-state index in [4.69, 9.17) is 10.5 Å². The summed E-state index contributed by atoms with van der Waals surface area (Å²) >= 11 is 0. The lowest BCUT2D eigenvalue weighted by molar-refractivity contribution is -0.121. The van der Waals surface area contributed by atoms with Gasteiger partial charge in [0.1, 0.15) is 0 Å². The number of nitrogens with two attached hydrogens (primary N) is 1. The van der Waals surface area contributed by atoms with Gasteiger partial charge in [-0.25, -0.2) is 0 Å². The molecule has 0 aromatic carbocycles. The summed E-state index contributed by atoms with van der Waals surface area (Å²) in [5.74, 6) is -0.341. The van der Waals surface area contributed by atoms with E-state index < -0.39 is 0 Å². The minimum Gasteiger partial charge on any atom is -0.380 e. The summed E-state index contributed by atoms with van der Waals surface area (Å²) in [5, 5.41) is 3.24. The number of hydrogen-bond acceptors (Lipinski definition) is 3. The van der Waals surface area contributed by atoms with Crippen molar-refractivity contribution >= 4 is 5.91 Å². The molecule has 4 nitrogen and oxygen atoms in total. The normalized spacial score (nSPS) is 25.6. The molecule has 70 valence electrons. The van der Waals surface area contributed by atoms with Gasteiger partial charge in [-0.2, -0.15) is 0 Å². The Morgan fingerprint density at radius 2 is 2.58 bits per heavy atom. The second kappa shape index (κ2) is 4.42. The van der Waals surface area contributed by atoms with E-state index in [1.165, 1.54) is 0 Å². The Labute approximate surface area is 72.5 Å². The lowest BCUT2D eigenvalue weighted by Gasteiger charge is -2.12. The Balaban J connectivity index is 2.11. The van der Waals surface area contributed by atoms with Crippen LogP contribution in [0.1, 0.15) is 13.3 Å². The quantitative estimate of drug-likeness (QED) is 0.600. The number of amides is 1. The second-order valence-electron chi connectivity index (χ2n) is 3.27. The van der Waals surface area contributed by atoms with E-state index in [0.717, 1.165) is 19.6 Å². The third-order valence-corrected chi connectivity index (χ3v) is 2.13. The average molecular weight is 172 g/mol. The highest BCUT2D eigenvalue weighted by Crippen LogP contribution is 2.03. The molecule has 2 unspecified atom stereocenters. The molecule has 1 heterocycles. The van der Waals surface area contributed by atoms with Gasteiger partial charge < -0.3 is 15.8 Å². The zero-order chi connectivity index (χ0) is 8.97. The summed E-state index contributed by atoms with van der Waals surface area (Å²) in [6.07, 6.45) is 1.03. The van der Waals surface area contributed by atoms with E-state index in [9.17, 15) is 4.79 Å². The van der Waals surface area contributed by atoms with Crippen LogP contribution in [0, 0.1) is 5.92 Å². The largest absolute Gasteiger partial charge is 0.380 e. The first-order valence-electron chi connectivity index (χ1n) is 4.30. The van der Waals surface area contributed by atoms with Crippen LogP contribution in [0.4, 0.5) is 0 Å². The third-order valence-electron chi connectivity index (χ3n) is 2.13. The van der Waals surface area contributed by atoms with E-state index in [0.29, 0.717) is 12.6 Å². The van der Waals surface area contributed by atoms with Crippen LogP contribution in [0.5, 0.6) is 0 Å². The number of carbonyl (C=O) groups is 1. The van der Waals surface area contributed by atoms with Crippen LogP contribution in [0.25, 0.3) is 0 Å². The summed E-state index contributed by atoms with van der Waals surface area (Å²) in [4.78, 5) is 10.7. The van der Waals surface area contributed by atoms with Crippen molar-refractivity contribution < 1.29 is 9.53 Å². The fourth-order valence-corrected chi connectivity index (χ4v) is 1.14. The Morgan fingerprint density at radius 3 is 3.08 bits per heavy atom.